The van der Waals surface area contributed by atoms with E-state index in [1.807, 2.05) is 0 Å². The first-order valence-corrected chi connectivity index (χ1v) is 5.92. The minimum atomic E-state index is -0.387. The molecule has 0 fully saturated rings. The predicted octanol–water partition coefficient (Wildman–Crippen LogP) is 3.87. The topological polar surface area (TPSA) is 52.0 Å². The maximum Gasteiger partial charge on any atom is 0.177 e. The molecule has 3 nitrogen and oxygen atoms in total. The second-order valence-electron chi connectivity index (χ2n) is 4.29. The van der Waals surface area contributed by atoms with Gasteiger partial charge < -0.3 is 10.3 Å². The first kappa shape index (κ1) is 12.3. The highest BCUT2D eigenvalue weighted by Gasteiger charge is 2.17. The van der Waals surface area contributed by atoms with Crippen molar-refractivity contribution in [2.75, 3.05) is 5.73 Å². The van der Waals surface area contributed by atoms with E-state index in [1.165, 1.54) is 24.3 Å². The van der Waals surface area contributed by atoms with Gasteiger partial charge in [-0.25, -0.2) is 8.78 Å². The molecule has 1 heterocycles. The van der Waals surface area contributed by atoms with Crippen molar-refractivity contribution in [3.63, 3.8) is 0 Å². The standard InChI is InChI=1S/C15H10F2N2O/c16-11-6-4-9(5-7-11)13-14(20-19-15(13)18)10-2-1-3-12(17)8-10/h1-8H,(H2,18,19). The summed E-state index contributed by atoms with van der Waals surface area (Å²) in [5.74, 6) is -0.205. The number of hydrogen-bond acceptors (Lipinski definition) is 3. The SMILES string of the molecule is Nc1noc(-c2cccc(F)c2)c1-c1ccc(F)cc1. The highest BCUT2D eigenvalue weighted by molar-refractivity contribution is 5.86. The maximum absolute atomic E-state index is 13.3. The summed E-state index contributed by atoms with van der Waals surface area (Å²) in [6, 6.07) is 11.7. The summed E-state index contributed by atoms with van der Waals surface area (Å²) in [5.41, 5.74) is 7.50. The molecule has 0 aliphatic heterocycles. The second-order valence-corrected chi connectivity index (χ2v) is 4.29. The van der Waals surface area contributed by atoms with Gasteiger partial charge in [0.1, 0.15) is 11.6 Å². The summed E-state index contributed by atoms with van der Waals surface area (Å²) in [6.45, 7) is 0. The van der Waals surface area contributed by atoms with Crippen LogP contribution in [0.25, 0.3) is 22.5 Å². The fourth-order valence-electron chi connectivity index (χ4n) is 2.02. The molecule has 0 aliphatic carbocycles. The summed E-state index contributed by atoms with van der Waals surface area (Å²) in [6.07, 6.45) is 0. The molecule has 100 valence electrons. The van der Waals surface area contributed by atoms with Crippen molar-refractivity contribution < 1.29 is 13.3 Å². The third kappa shape index (κ3) is 2.14. The van der Waals surface area contributed by atoms with E-state index >= 15 is 0 Å². The third-order valence-electron chi connectivity index (χ3n) is 2.94. The van der Waals surface area contributed by atoms with Gasteiger partial charge in [0.25, 0.3) is 0 Å². The number of hydrogen-bond donors (Lipinski definition) is 1. The number of rotatable bonds is 2. The predicted molar refractivity (Wildman–Crippen MR) is 71.7 cm³/mol. The molecule has 0 bridgehead atoms. The largest absolute Gasteiger partial charge is 0.380 e. The van der Waals surface area contributed by atoms with Crippen LogP contribution in [0, 0.1) is 11.6 Å². The van der Waals surface area contributed by atoms with E-state index < -0.39 is 0 Å². The maximum atomic E-state index is 13.3. The van der Waals surface area contributed by atoms with Crippen LogP contribution < -0.4 is 5.73 Å². The average molecular weight is 272 g/mol. The van der Waals surface area contributed by atoms with Crippen LogP contribution in [0.2, 0.25) is 0 Å². The van der Waals surface area contributed by atoms with Gasteiger partial charge in [0, 0.05) is 5.56 Å². The zero-order valence-corrected chi connectivity index (χ0v) is 10.3. The summed E-state index contributed by atoms with van der Waals surface area (Å²) in [7, 11) is 0. The lowest BCUT2D eigenvalue weighted by Gasteiger charge is -2.03. The minimum Gasteiger partial charge on any atom is -0.380 e. The lowest BCUT2D eigenvalue weighted by Crippen LogP contribution is -1.89. The molecule has 2 N–H and O–H groups in total. The molecular weight excluding hydrogens is 262 g/mol. The van der Waals surface area contributed by atoms with E-state index in [9.17, 15) is 8.78 Å². The monoisotopic (exact) mass is 272 g/mol. The molecule has 3 rings (SSSR count). The normalized spacial score (nSPS) is 10.7. The molecule has 0 atom stereocenters. The number of nitrogens with two attached hydrogens (primary N) is 1. The zero-order valence-electron chi connectivity index (χ0n) is 10.3. The van der Waals surface area contributed by atoms with Crippen molar-refractivity contribution in [1.29, 1.82) is 0 Å². The molecule has 0 saturated heterocycles. The van der Waals surface area contributed by atoms with Gasteiger partial charge in [-0.05, 0) is 29.8 Å². The van der Waals surface area contributed by atoms with Gasteiger partial charge in [-0.3, -0.25) is 0 Å². The van der Waals surface area contributed by atoms with Crippen molar-refractivity contribution in [3.8, 4) is 22.5 Å². The highest BCUT2D eigenvalue weighted by atomic mass is 19.1. The molecule has 5 heteroatoms. The molecule has 0 saturated carbocycles. The van der Waals surface area contributed by atoms with E-state index in [0.717, 1.165) is 0 Å². The smallest absolute Gasteiger partial charge is 0.177 e. The summed E-state index contributed by atoms with van der Waals surface area (Å²) in [4.78, 5) is 0. The van der Waals surface area contributed by atoms with Crippen molar-refractivity contribution >= 4 is 5.82 Å². The Balaban J connectivity index is 2.17. The Bertz CT molecular complexity index is 751. The van der Waals surface area contributed by atoms with Crippen LogP contribution in [0.15, 0.2) is 53.1 Å². The molecule has 0 aliphatic rings. The Morgan fingerprint density at radius 1 is 0.900 bits per heavy atom. The van der Waals surface area contributed by atoms with Gasteiger partial charge in [-0.15, -0.1) is 0 Å². The molecule has 0 amide bonds. The molecule has 3 aromatic rings. The molecule has 0 radical (unpaired) electrons. The van der Waals surface area contributed by atoms with Crippen LogP contribution in [0.4, 0.5) is 14.6 Å². The Hall–Kier alpha value is -2.69. The van der Waals surface area contributed by atoms with Crippen molar-refractivity contribution in [1.82, 2.24) is 5.16 Å². The third-order valence-corrected chi connectivity index (χ3v) is 2.94. The van der Waals surface area contributed by atoms with Gasteiger partial charge in [-0.1, -0.05) is 29.4 Å². The first-order valence-electron chi connectivity index (χ1n) is 5.92. The van der Waals surface area contributed by atoms with Crippen LogP contribution in [-0.2, 0) is 0 Å². The fraction of sp³-hybridized carbons (Fsp3) is 0. The minimum absolute atomic E-state index is 0.177. The Labute approximate surface area is 113 Å². The second kappa shape index (κ2) is 4.77. The van der Waals surface area contributed by atoms with Gasteiger partial charge in [-0.2, -0.15) is 0 Å². The molecule has 0 unspecified atom stereocenters. The molecular formula is C15H10F2N2O. The Morgan fingerprint density at radius 3 is 2.35 bits per heavy atom. The molecule has 2 aromatic carbocycles. The van der Waals surface area contributed by atoms with E-state index in [2.05, 4.69) is 5.16 Å². The van der Waals surface area contributed by atoms with Crippen LogP contribution in [0.3, 0.4) is 0 Å². The van der Waals surface area contributed by atoms with Gasteiger partial charge >= 0.3 is 0 Å². The van der Waals surface area contributed by atoms with Crippen LogP contribution in [-0.4, -0.2) is 5.16 Å². The number of aromatic nitrogens is 1. The zero-order chi connectivity index (χ0) is 14.1. The molecule has 20 heavy (non-hydrogen) atoms. The number of nitrogen functional groups attached to an aromatic ring is 1. The summed E-state index contributed by atoms with van der Waals surface area (Å²) < 4.78 is 31.5. The van der Waals surface area contributed by atoms with Crippen LogP contribution >= 0.6 is 0 Å². The number of nitrogens with zero attached hydrogens (tertiary/aromatic N) is 1. The Kier molecular flexibility index (Phi) is 2.95. The van der Waals surface area contributed by atoms with Gasteiger partial charge in [0.15, 0.2) is 11.6 Å². The Morgan fingerprint density at radius 2 is 1.65 bits per heavy atom. The lowest BCUT2D eigenvalue weighted by molar-refractivity contribution is 0.436. The highest BCUT2D eigenvalue weighted by Crippen LogP contribution is 2.36. The number of halogens is 2. The summed E-state index contributed by atoms with van der Waals surface area (Å²) >= 11 is 0. The quantitative estimate of drug-likeness (QED) is 0.770. The number of benzene rings is 2. The van der Waals surface area contributed by atoms with Gasteiger partial charge in [0.05, 0.1) is 5.56 Å². The average Bonchev–Trinajstić information content (AvgIpc) is 2.82. The van der Waals surface area contributed by atoms with E-state index in [4.69, 9.17) is 10.3 Å². The van der Waals surface area contributed by atoms with Crippen molar-refractivity contribution in [2.24, 2.45) is 0 Å². The van der Waals surface area contributed by atoms with Crippen molar-refractivity contribution in [2.45, 2.75) is 0 Å². The van der Waals surface area contributed by atoms with E-state index in [-0.39, 0.29) is 17.5 Å². The molecule has 1 aromatic heterocycles. The first-order chi connectivity index (χ1) is 9.65. The summed E-state index contributed by atoms with van der Waals surface area (Å²) in [5, 5.41) is 3.71. The van der Waals surface area contributed by atoms with Crippen LogP contribution in [0.1, 0.15) is 0 Å². The molecule has 0 spiro atoms. The lowest BCUT2D eigenvalue weighted by atomic mass is 10.0. The fourth-order valence-corrected chi connectivity index (χ4v) is 2.02. The van der Waals surface area contributed by atoms with Crippen molar-refractivity contribution in [3.05, 3.63) is 60.2 Å². The van der Waals surface area contributed by atoms with Gasteiger partial charge in [0.2, 0.25) is 0 Å². The van der Waals surface area contributed by atoms with E-state index in [1.54, 1.807) is 24.3 Å². The van der Waals surface area contributed by atoms with E-state index in [0.29, 0.717) is 22.5 Å². The number of anilines is 1. The van der Waals surface area contributed by atoms with Crippen LogP contribution in [0.5, 0.6) is 0 Å².